The lowest BCUT2D eigenvalue weighted by Crippen LogP contribution is -2.30. The lowest BCUT2D eigenvalue weighted by atomic mass is 10.0. The minimum absolute atomic E-state index is 0.0947. The van der Waals surface area contributed by atoms with E-state index < -0.39 is 91.5 Å². The summed E-state index contributed by atoms with van der Waals surface area (Å²) in [7, 11) is -9.79. The number of aliphatic hydroxyl groups is 2. The van der Waals surface area contributed by atoms with Gasteiger partial charge in [-0.05, 0) is 135 Å². The summed E-state index contributed by atoms with van der Waals surface area (Å²) in [6.45, 7) is 2.48. The Morgan fingerprint density at radius 1 is 0.257 bits per heavy atom. The van der Waals surface area contributed by atoms with Gasteiger partial charge in [0.2, 0.25) is 0 Å². The zero-order chi connectivity index (χ0) is 82.2. The first kappa shape index (κ1) is 109. The highest BCUT2D eigenvalue weighted by Gasteiger charge is 2.29. The number of allylic oxidation sites excluding steroid dienone is 22. The minimum atomic E-state index is -4.93. The fraction of sp³-hybridized carbons (Fsp3) is 0.737. The second kappa shape index (κ2) is 87.0. The highest BCUT2D eigenvalue weighted by atomic mass is 31.2. The van der Waals surface area contributed by atoms with Crippen molar-refractivity contribution in [1.29, 1.82) is 0 Å². The van der Waals surface area contributed by atoms with Crippen LogP contribution in [0.1, 0.15) is 393 Å². The van der Waals surface area contributed by atoms with E-state index in [1.54, 1.807) is 0 Å². The molecule has 0 aliphatic carbocycles. The van der Waals surface area contributed by atoms with Crippen LogP contribution >= 0.6 is 15.6 Å². The molecule has 0 amide bonds. The molecule has 652 valence electrons. The Balaban J connectivity index is 4.37. The zero-order valence-electron chi connectivity index (χ0n) is 71.8. The molecular formula is C95H166O16P2. The Hall–Kier alpha value is -4.31. The van der Waals surface area contributed by atoms with Crippen molar-refractivity contribution in [3.8, 4) is 0 Å². The fourth-order valence-electron chi connectivity index (χ4n) is 12.5. The van der Waals surface area contributed by atoms with Gasteiger partial charge in [0.05, 0.1) is 26.4 Å². The smallest absolute Gasteiger partial charge is 0.463 e. The van der Waals surface area contributed by atoms with Crippen molar-refractivity contribution in [1.82, 2.24) is 0 Å². The van der Waals surface area contributed by atoms with E-state index in [0.717, 1.165) is 148 Å². The van der Waals surface area contributed by atoms with E-state index in [1.807, 2.05) is 0 Å². The number of phosphoric ester groups is 2. The molecule has 5 atom stereocenters. The predicted octanol–water partition coefficient (Wildman–Crippen LogP) is 27.8. The lowest BCUT2D eigenvalue weighted by Gasteiger charge is -2.21. The van der Waals surface area contributed by atoms with Crippen molar-refractivity contribution in [2.45, 2.75) is 411 Å². The van der Waals surface area contributed by atoms with Crippen LogP contribution in [0.25, 0.3) is 0 Å². The molecular weight excluding hydrogens is 1460 g/mol. The number of hydrogen-bond acceptors (Lipinski definition) is 14. The Morgan fingerprint density at radius 2 is 0.469 bits per heavy atom. The monoisotopic (exact) mass is 1630 g/mol. The number of ether oxygens (including phenoxy) is 3. The van der Waals surface area contributed by atoms with Gasteiger partial charge in [-0.15, -0.1) is 0 Å². The van der Waals surface area contributed by atoms with Gasteiger partial charge in [-0.25, -0.2) is 9.13 Å². The molecule has 0 saturated carbocycles. The van der Waals surface area contributed by atoms with Crippen molar-refractivity contribution < 1.29 is 75.8 Å². The van der Waals surface area contributed by atoms with E-state index in [4.69, 9.17) is 32.3 Å². The highest BCUT2D eigenvalue weighted by Crippen LogP contribution is 2.45. The average molecular weight is 1630 g/mol. The van der Waals surface area contributed by atoms with Gasteiger partial charge < -0.3 is 34.2 Å². The number of unbranched alkanes of at least 4 members (excludes halogenated alkanes) is 41. The second-order valence-electron chi connectivity index (χ2n) is 30.3. The van der Waals surface area contributed by atoms with Gasteiger partial charge in [0, 0.05) is 19.3 Å². The summed E-state index contributed by atoms with van der Waals surface area (Å²) in [6.07, 6.45) is 108. The third-order valence-electron chi connectivity index (χ3n) is 19.3. The molecule has 0 aromatic carbocycles. The number of phosphoric acid groups is 2. The first-order valence-corrected chi connectivity index (χ1v) is 48.5. The van der Waals surface area contributed by atoms with Crippen molar-refractivity contribution in [2.24, 2.45) is 0 Å². The van der Waals surface area contributed by atoms with Crippen LogP contribution in [0.2, 0.25) is 0 Å². The summed E-state index contributed by atoms with van der Waals surface area (Å²) < 4.78 is 61.3. The SMILES string of the molecule is CC/C=C\C/C=C\C/C=C\C/C=C\C/C=C\CCCCCCCCCCCCCCCCCCCCCC(=O)OCC(O)COP(=O)(O)OCC(O)COP(=O)(O)OCC(COC(=O)CCCCCCCCCCCCCCC/C=C\C/C=C\C/C=C\C/C=C\C/C=C\CC)OC(=O)CCCCCCC/C=C\CCCCCC. The average Bonchev–Trinajstić information content (AvgIpc) is 0.903. The number of rotatable bonds is 86. The first-order valence-electron chi connectivity index (χ1n) is 45.5. The largest absolute Gasteiger partial charge is 0.472 e. The maximum Gasteiger partial charge on any atom is 0.472 e. The van der Waals surface area contributed by atoms with Gasteiger partial charge >= 0.3 is 33.6 Å². The van der Waals surface area contributed by atoms with Crippen LogP contribution in [-0.2, 0) is 55.8 Å². The fourth-order valence-corrected chi connectivity index (χ4v) is 14.1. The number of esters is 3. The summed E-state index contributed by atoms with van der Waals surface area (Å²) in [5.74, 6) is -1.57. The molecule has 0 fully saturated rings. The van der Waals surface area contributed by atoms with Crippen molar-refractivity contribution >= 4 is 33.6 Å². The van der Waals surface area contributed by atoms with E-state index in [9.17, 15) is 43.5 Å². The molecule has 5 unspecified atom stereocenters. The van der Waals surface area contributed by atoms with E-state index in [0.29, 0.717) is 19.3 Å². The summed E-state index contributed by atoms with van der Waals surface area (Å²) in [5, 5.41) is 20.7. The molecule has 0 aromatic rings. The standard InChI is InChI=1S/C95H166O16P2/c1-4-7-10-13-16-19-22-25-27-29-31-33-35-37-39-41-42-43-44-45-46-48-50-51-53-55-57-59-61-64-66-69-72-75-78-81-93(98)105-84-90(96)85-107-112(101,102)108-86-91(97)87-109-113(103,104)110-89-92(111-95(100)83-80-77-74-71-68-63-24-21-18-15-12-9-6-3)88-106-94(99)82-79-76-73-70-67-65-62-60-58-56-54-52-49-47-40-38-36-34-32-30-28-26-23-20-17-14-11-8-5-2/h7-8,10-11,16-17,19-21,24-28,31-34,37-40,90-92,96-97H,4-6,9,12-15,18,22-23,29-30,35-36,41-89H2,1-3H3,(H,101,102)(H,103,104)/b10-7-,11-8-,19-16-,20-17-,24-21-,27-25-,28-26-,33-31-,34-32-,39-37-,40-38-. The summed E-state index contributed by atoms with van der Waals surface area (Å²) in [5.41, 5.74) is 0. The third-order valence-corrected chi connectivity index (χ3v) is 21.2. The van der Waals surface area contributed by atoms with Crippen LogP contribution in [0.4, 0.5) is 0 Å². The quantitative estimate of drug-likeness (QED) is 0.0146. The van der Waals surface area contributed by atoms with Crippen LogP contribution in [-0.4, -0.2) is 95.9 Å². The number of carbonyl (C=O) groups is 3. The van der Waals surface area contributed by atoms with E-state index in [-0.39, 0.29) is 19.3 Å². The van der Waals surface area contributed by atoms with Crippen molar-refractivity contribution in [2.75, 3.05) is 39.6 Å². The Bertz CT molecular complexity index is 2580. The predicted molar refractivity (Wildman–Crippen MR) is 473 cm³/mol. The minimum Gasteiger partial charge on any atom is -0.463 e. The lowest BCUT2D eigenvalue weighted by molar-refractivity contribution is -0.161. The van der Waals surface area contributed by atoms with Crippen molar-refractivity contribution in [3.05, 3.63) is 134 Å². The Morgan fingerprint density at radius 3 is 0.752 bits per heavy atom. The highest BCUT2D eigenvalue weighted by molar-refractivity contribution is 7.47. The maximum atomic E-state index is 13.0. The Kier molecular flexibility index (Phi) is 83.7. The molecule has 0 bridgehead atoms. The molecule has 0 spiro atoms. The Labute approximate surface area is 690 Å². The molecule has 0 radical (unpaired) electrons. The topological polar surface area (TPSA) is 231 Å². The number of hydrogen-bond donors (Lipinski definition) is 4. The molecule has 0 rings (SSSR count). The first-order chi connectivity index (χ1) is 55.2. The molecule has 113 heavy (non-hydrogen) atoms. The second-order valence-corrected chi connectivity index (χ2v) is 33.2. The molecule has 18 heteroatoms. The van der Waals surface area contributed by atoms with Crippen LogP contribution in [0.3, 0.4) is 0 Å². The van der Waals surface area contributed by atoms with Crippen LogP contribution < -0.4 is 0 Å². The molecule has 0 aliphatic rings. The molecule has 0 heterocycles. The van der Waals surface area contributed by atoms with Gasteiger partial charge in [0.15, 0.2) is 6.10 Å². The molecule has 0 saturated heterocycles. The van der Waals surface area contributed by atoms with Gasteiger partial charge in [-0.3, -0.25) is 32.5 Å². The maximum absolute atomic E-state index is 13.0. The number of aliphatic hydroxyl groups excluding tert-OH is 2. The van der Waals surface area contributed by atoms with E-state index in [2.05, 4.69) is 154 Å². The molecule has 0 aliphatic heterocycles. The zero-order valence-corrected chi connectivity index (χ0v) is 73.6. The van der Waals surface area contributed by atoms with E-state index >= 15 is 0 Å². The van der Waals surface area contributed by atoms with Crippen LogP contribution in [0.5, 0.6) is 0 Å². The molecule has 0 aromatic heterocycles. The van der Waals surface area contributed by atoms with Crippen molar-refractivity contribution in [3.63, 3.8) is 0 Å². The molecule has 4 N–H and O–H groups in total. The van der Waals surface area contributed by atoms with Gasteiger partial charge in [0.1, 0.15) is 25.4 Å². The van der Waals surface area contributed by atoms with E-state index in [1.165, 1.54) is 186 Å². The summed E-state index contributed by atoms with van der Waals surface area (Å²) in [4.78, 5) is 58.8. The van der Waals surface area contributed by atoms with Gasteiger partial charge in [-0.2, -0.15) is 0 Å². The van der Waals surface area contributed by atoms with Crippen LogP contribution in [0, 0.1) is 0 Å². The van der Waals surface area contributed by atoms with Crippen LogP contribution in [0.15, 0.2) is 134 Å². The third kappa shape index (κ3) is 88.3. The molecule has 16 nitrogen and oxygen atoms in total. The summed E-state index contributed by atoms with van der Waals surface area (Å²) >= 11 is 0. The summed E-state index contributed by atoms with van der Waals surface area (Å²) in [6, 6.07) is 0. The normalized spacial score (nSPS) is 14.4. The van der Waals surface area contributed by atoms with Gasteiger partial charge in [0.25, 0.3) is 0 Å². The number of carbonyl (C=O) groups excluding carboxylic acids is 3. The van der Waals surface area contributed by atoms with Gasteiger partial charge in [-0.1, -0.05) is 373 Å².